The average molecular weight is 440 g/mol. The number of aryl methyl sites for hydroxylation is 1. The number of hydrogen-bond acceptors (Lipinski definition) is 1. The summed E-state index contributed by atoms with van der Waals surface area (Å²) in [5.41, 5.74) is 5.58. The number of hydrogen-bond donors (Lipinski definition) is 0. The average Bonchev–Trinajstić information content (AvgIpc) is 2.79. The van der Waals surface area contributed by atoms with Gasteiger partial charge in [0.2, 0.25) is 0 Å². The van der Waals surface area contributed by atoms with Crippen LogP contribution in [0.2, 0.25) is 0 Å². The first-order valence-electron chi connectivity index (χ1n) is 9.63. The van der Waals surface area contributed by atoms with Crippen molar-refractivity contribution < 1.29 is 26.8 Å². The number of halogens is 4. The predicted octanol–water partition coefficient (Wildman–Crippen LogP) is 4.76. The number of ether oxygens (including phenoxy) is 1. The van der Waals surface area contributed by atoms with E-state index >= 15 is 0 Å². The summed E-state index contributed by atoms with van der Waals surface area (Å²) in [6.07, 6.45) is 0. The molecule has 0 bridgehead atoms. The van der Waals surface area contributed by atoms with E-state index in [0.717, 1.165) is 39.5 Å². The molecule has 0 unspecified atom stereocenters. The molecule has 0 atom stereocenters. The molecule has 0 radical (unpaired) electrons. The summed E-state index contributed by atoms with van der Waals surface area (Å²) >= 11 is 0. The van der Waals surface area contributed by atoms with Crippen LogP contribution in [0.15, 0.2) is 95.4 Å². The van der Waals surface area contributed by atoms with E-state index in [9.17, 15) is 12.9 Å². The molecule has 0 fully saturated rings. The van der Waals surface area contributed by atoms with E-state index < -0.39 is 7.54 Å². The van der Waals surface area contributed by atoms with Gasteiger partial charge in [0.15, 0.2) is 0 Å². The van der Waals surface area contributed by atoms with E-state index in [1.54, 1.807) is 7.11 Å². The summed E-state index contributed by atoms with van der Waals surface area (Å²) in [4.78, 5) is 0. The van der Waals surface area contributed by atoms with Crippen LogP contribution in [0.1, 0.15) is 5.56 Å². The number of methoxy groups -OCH3 is 1. The minimum atomic E-state index is -3.67. The molecule has 32 heavy (non-hydrogen) atoms. The topological polar surface area (TPSA) is 20.5 Å². The number of rotatable bonds is 4. The minimum Gasteiger partial charge on any atom is -1.00 e. The molecule has 0 saturated carbocycles. The van der Waals surface area contributed by atoms with Crippen LogP contribution in [0.3, 0.4) is 0 Å². The number of benzene rings is 3. The molecular formula is C25H21BF4O2. The molecule has 7 heteroatoms. The molecule has 4 aromatic rings. The molecular weight excluding hydrogens is 419 g/mol. The van der Waals surface area contributed by atoms with Crippen molar-refractivity contribution in [3.05, 3.63) is 96.6 Å². The van der Waals surface area contributed by atoms with Gasteiger partial charge in [-0.25, -0.2) is 4.42 Å². The summed E-state index contributed by atoms with van der Waals surface area (Å²) in [5, 5.41) is 0. The molecule has 2 nitrogen and oxygen atoms in total. The van der Waals surface area contributed by atoms with Gasteiger partial charge < -0.3 is 9.44 Å². The Morgan fingerprint density at radius 1 is 0.656 bits per heavy atom. The maximum atomic E-state index is 9.67. The first kappa shape index (κ1) is 24.7. The van der Waals surface area contributed by atoms with E-state index in [1.165, 1.54) is 5.56 Å². The highest BCUT2D eigenvalue weighted by atomic mass is 19.4. The molecule has 0 saturated heterocycles. The van der Waals surface area contributed by atoms with Crippen molar-refractivity contribution in [2.24, 2.45) is 0 Å². The van der Waals surface area contributed by atoms with Crippen LogP contribution in [0.4, 0.5) is 12.9 Å². The zero-order valence-corrected chi connectivity index (χ0v) is 17.6. The Hall–Kier alpha value is -3.61. The first-order chi connectivity index (χ1) is 15.0. The molecule has 3 aromatic carbocycles. The predicted molar refractivity (Wildman–Crippen MR) is 120 cm³/mol. The van der Waals surface area contributed by atoms with Crippen LogP contribution in [0.25, 0.3) is 33.8 Å². The molecule has 0 amide bonds. The lowest BCUT2D eigenvalue weighted by atomic mass is 10.0. The summed E-state index contributed by atoms with van der Waals surface area (Å²) in [5.74, 6) is 2.54. The molecule has 0 N–H and O–H groups in total. The van der Waals surface area contributed by atoms with Crippen LogP contribution < -0.4 is 9.44 Å². The quantitative estimate of drug-likeness (QED) is 0.259. The second kappa shape index (κ2) is 11.7. The molecule has 1 aromatic heterocycles. The van der Waals surface area contributed by atoms with E-state index in [-0.39, 0.29) is 4.70 Å². The molecule has 0 aliphatic rings. The highest BCUT2D eigenvalue weighted by molar-refractivity contribution is 6.33. The highest BCUT2D eigenvalue weighted by Gasteiger charge is 2.20. The Morgan fingerprint density at radius 2 is 1.12 bits per heavy atom. The van der Waals surface area contributed by atoms with Crippen LogP contribution in [0, 0.1) is 6.92 Å². The van der Waals surface area contributed by atoms with Gasteiger partial charge in [0, 0.05) is 5.56 Å². The minimum absolute atomic E-state index is 0. The fraction of sp³-hybridized carbons (Fsp3) is 0.0800. The second-order valence-electron chi connectivity index (χ2n) is 6.78. The summed E-state index contributed by atoms with van der Waals surface area (Å²) < 4.78 is 40.6. The van der Waals surface area contributed by atoms with Crippen molar-refractivity contribution in [2.75, 3.05) is 7.11 Å². The third-order valence-corrected chi connectivity index (χ3v) is 4.61. The van der Waals surface area contributed by atoms with Crippen molar-refractivity contribution in [1.29, 1.82) is 0 Å². The second-order valence-corrected chi connectivity index (χ2v) is 6.78. The van der Waals surface area contributed by atoms with E-state index in [4.69, 9.17) is 9.15 Å². The third kappa shape index (κ3) is 6.70. The van der Waals surface area contributed by atoms with Gasteiger partial charge >= 0.3 is 19.1 Å². The molecule has 0 aliphatic carbocycles. The van der Waals surface area contributed by atoms with Crippen molar-refractivity contribution in [3.63, 3.8) is 0 Å². The molecule has 0 aliphatic heterocycles. The van der Waals surface area contributed by atoms with Crippen molar-refractivity contribution in [3.8, 4) is 39.5 Å². The monoisotopic (exact) mass is 440 g/mol. The zero-order chi connectivity index (χ0) is 22.2. The first-order valence-corrected chi connectivity index (χ1v) is 9.63. The maximum Gasteiger partial charge on any atom is 0.762 e. The van der Waals surface area contributed by atoms with Gasteiger partial charge in [0.25, 0.3) is 0 Å². The van der Waals surface area contributed by atoms with Gasteiger partial charge in [-0.2, -0.15) is 0 Å². The van der Waals surface area contributed by atoms with Crippen LogP contribution in [-0.2, 0) is 0 Å². The van der Waals surface area contributed by atoms with Gasteiger partial charge in [-0.05, 0) is 48.9 Å². The standard InChI is InChI=1S/C25H21O2.BF3.FH/c1-18-8-10-21(11-9-18)25-17-22(19-12-14-23(26-2)15-13-19)16-24(27-25)20-6-4-3-5-7-20;2-1(3)4;/h3-17H,1-2H3;;1H/q+1;;/p-1. The fourth-order valence-corrected chi connectivity index (χ4v) is 3.06. The van der Waals surface area contributed by atoms with E-state index in [2.05, 4.69) is 67.6 Å². The maximum absolute atomic E-state index is 9.67. The SMILES string of the molecule is COc1ccc(-c2cc(-c3ccccc3)[o+]c(-c3ccc(C)cc3)c2)cc1.FB(F)F.[F-]. The Bertz CT molecular complexity index is 1100. The van der Waals surface area contributed by atoms with Crippen LogP contribution in [-0.4, -0.2) is 14.7 Å². The fourth-order valence-electron chi connectivity index (χ4n) is 3.06. The Labute approximate surface area is 184 Å². The van der Waals surface area contributed by atoms with Gasteiger partial charge in [-0.3, -0.25) is 12.9 Å². The van der Waals surface area contributed by atoms with Crippen molar-refractivity contribution in [2.45, 2.75) is 6.92 Å². The Kier molecular flexibility index (Phi) is 9.01. The zero-order valence-electron chi connectivity index (χ0n) is 17.6. The lowest BCUT2D eigenvalue weighted by molar-refractivity contribution is -0.00000976. The lowest BCUT2D eigenvalue weighted by Gasteiger charge is -2.04. The van der Waals surface area contributed by atoms with Gasteiger partial charge in [0.1, 0.15) is 5.75 Å². The van der Waals surface area contributed by atoms with Crippen molar-refractivity contribution >= 4 is 7.54 Å². The van der Waals surface area contributed by atoms with Gasteiger partial charge in [-0.15, -0.1) is 0 Å². The normalized spacial score (nSPS) is 9.78. The van der Waals surface area contributed by atoms with Gasteiger partial charge in [-0.1, -0.05) is 48.0 Å². The Morgan fingerprint density at radius 3 is 1.62 bits per heavy atom. The molecule has 1 heterocycles. The van der Waals surface area contributed by atoms with E-state index in [0.29, 0.717) is 0 Å². The summed E-state index contributed by atoms with van der Waals surface area (Å²) in [6, 6.07) is 30.9. The van der Waals surface area contributed by atoms with E-state index in [1.807, 2.05) is 30.3 Å². The Balaban J connectivity index is 0.000000672. The largest absolute Gasteiger partial charge is 1.00 e. The smallest absolute Gasteiger partial charge is 0.762 e. The lowest BCUT2D eigenvalue weighted by Crippen LogP contribution is -3.00. The summed E-state index contributed by atoms with van der Waals surface area (Å²) in [6.45, 7) is 2.09. The van der Waals surface area contributed by atoms with Crippen molar-refractivity contribution in [1.82, 2.24) is 0 Å². The molecule has 4 rings (SSSR count). The third-order valence-electron chi connectivity index (χ3n) is 4.61. The highest BCUT2D eigenvalue weighted by Crippen LogP contribution is 2.33. The van der Waals surface area contributed by atoms with Crippen LogP contribution >= 0.6 is 0 Å². The van der Waals surface area contributed by atoms with Crippen LogP contribution in [0.5, 0.6) is 5.75 Å². The summed E-state index contributed by atoms with van der Waals surface area (Å²) in [7, 11) is -1.99. The molecule has 164 valence electrons. The van der Waals surface area contributed by atoms with Gasteiger partial charge in [0.05, 0.1) is 30.4 Å². The molecule has 0 spiro atoms.